The maximum Gasteiger partial charge on any atom is 0.239 e. The van der Waals surface area contributed by atoms with Crippen molar-refractivity contribution in [2.45, 2.75) is 26.7 Å². The van der Waals surface area contributed by atoms with E-state index in [0.29, 0.717) is 12.5 Å². The van der Waals surface area contributed by atoms with E-state index in [1.54, 1.807) is 7.05 Å². The van der Waals surface area contributed by atoms with Crippen LogP contribution in [0.5, 0.6) is 0 Å². The van der Waals surface area contributed by atoms with Gasteiger partial charge in [-0.1, -0.05) is 13.8 Å². The second-order valence-electron chi connectivity index (χ2n) is 4.27. The van der Waals surface area contributed by atoms with Crippen molar-refractivity contribution in [1.82, 2.24) is 10.2 Å². The fourth-order valence-corrected chi connectivity index (χ4v) is 1.40. The molecule has 0 aromatic rings. The highest BCUT2D eigenvalue weighted by atomic mass is 35.5. The lowest BCUT2D eigenvalue weighted by Gasteiger charge is -2.15. The summed E-state index contributed by atoms with van der Waals surface area (Å²) < 4.78 is 0. The molecule has 16 heavy (non-hydrogen) atoms. The van der Waals surface area contributed by atoms with Gasteiger partial charge in [-0.2, -0.15) is 0 Å². The van der Waals surface area contributed by atoms with Crippen molar-refractivity contribution in [3.63, 3.8) is 0 Å². The van der Waals surface area contributed by atoms with Gasteiger partial charge in [0.15, 0.2) is 0 Å². The van der Waals surface area contributed by atoms with Crippen molar-refractivity contribution in [3.8, 4) is 0 Å². The number of hydrogen-bond donors (Lipinski definition) is 1. The lowest BCUT2D eigenvalue weighted by molar-refractivity contribution is -0.132. The number of carbonyl (C=O) groups is 2. The summed E-state index contributed by atoms with van der Waals surface area (Å²) in [6, 6.07) is 0. The van der Waals surface area contributed by atoms with Gasteiger partial charge >= 0.3 is 0 Å². The van der Waals surface area contributed by atoms with E-state index in [1.165, 1.54) is 4.90 Å². The Morgan fingerprint density at radius 3 is 2.50 bits per heavy atom. The summed E-state index contributed by atoms with van der Waals surface area (Å²) in [4.78, 5) is 23.8. The van der Waals surface area contributed by atoms with Gasteiger partial charge in [0.2, 0.25) is 11.8 Å². The van der Waals surface area contributed by atoms with Gasteiger partial charge in [0, 0.05) is 13.6 Å². The molecule has 94 valence electrons. The Labute approximate surface area is 102 Å². The molecular formula is C11H21ClN2O2. The lowest BCUT2D eigenvalue weighted by atomic mass is 10.1. The van der Waals surface area contributed by atoms with Crippen molar-refractivity contribution in [2.75, 3.05) is 26.0 Å². The number of halogens is 1. The minimum atomic E-state index is -0.237. The van der Waals surface area contributed by atoms with Gasteiger partial charge in [-0.15, -0.1) is 11.6 Å². The summed E-state index contributed by atoms with van der Waals surface area (Å²) in [5.41, 5.74) is 0. The molecule has 0 aromatic carbocycles. The van der Waals surface area contributed by atoms with E-state index in [9.17, 15) is 9.59 Å². The quantitative estimate of drug-likeness (QED) is 0.544. The van der Waals surface area contributed by atoms with Crippen LogP contribution in [0, 0.1) is 5.92 Å². The third-order valence-corrected chi connectivity index (χ3v) is 2.43. The summed E-state index contributed by atoms with van der Waals surface area (Å²) in [7, 11) is 1.57. The van der Waals surface area contributed by atoms with Crippen LogP contribution in [0.1, 0.15) is 26.7 Å². The topological polar surface area (TPSA) is 49.4 Å². The fraction of sp³-hybridized carbons (Fsp3) is 0.818. The molecule has 1 N–H and O–H groups in total. The average molecular weight is 249 g/mol. The molecular weight excluding hydrogens is 228 g/mol. The number of carbonyl (C=O) groups excluding carboxylic acids is 2. The standard InChI is InChI=1S/C11H21ClN2O2/c1-9(2)5-4-6-13-10(15)8-14(3)11(16)7-12/h9H,4-8H2,1-3H3,(H,13,15). The first-order valence-electron chi connectivity index (χ1n) is 5.54. The van der Waals surface area contributed by atoms with E-state index in [4.69, 9.17) is 11.6 Å². The summed E-state index contributed by atoms with van der Waals surface area (Å²) in [6.45, 7) is 5.04. The minimum Gasteiger partial charge on any atom is -0.355 e. The normalized spacial score (nSPS) is 10.3. The van der Waals surface area contributed by atoms with Crippen molar-refractivity contribution in [3.05, 3.63) is 0 Å². The zero-order valence-corrected chi connectivity index (χ0v) is 11.0. The highest BCUT2D eigenvalue weighted by Crippen LogP contribution is 2.01. The van der Waals surface area contributed by atoms with Crippen molar-refractivity contribution < 1.29 is 9.59 Å². The Kier molecular flexibility index (Phi) is 7.99. The van der Waals surface area contributed by atoms with Crippen LogP contribution in [0.15, 0.2) is 0 Å². The Morgan fingerprint density at radius 2 is 2.00 bits per heavy atom. The highest BCUT2D eigenvalue weighted by molar-refractivity contribution is 6.27. The molecule has 0 radical (unpaired) electrons. The second-order valence-corrected chi connectivity index (χ2v) is 4.54. The zero-order chi connectivity index (χ0) is 12.6. The average Bonchev–Trinajstić information content (AvgIpc) is 2.22. The Morgan fingerprint density at radius 1 is 1.38 bits per heavy atom. The van der Waals surface area contributed by atoms with Gasteiger partial charge in [-0.3, -0.25) is 9.59 Å². The van der Waals surface area contributed by atoms with Crippen molar-refractivity contribution in [2.24, 2.45) is 5.92 Å². The van der Waals surface area contributed by atoms with Gasteiger partial charge < -0.3 is 10.2 Å². The number of nitrogens with zero attached hydrogens (tertiary/aromatic N) is 1. The van der Waals surface area contributed by atoms with Gasteiger partial charge in [-0.25, -0.2) is 0 Å². The molecule has 4 nitrogen and oxygen atoms in total. The fourth-order valence-electron chi connectivity index (χ4n) is 1.20. The Balaban J connectivity index is 3.62. The van der Waals surface area contributed by atoms with Gasteiger partial charge in [0.25, 0.3) is 0 Å². The second kappa shape index (κ2) is 8.39. The van der Waals surface area contributed by atoms with Crippen LogP contribution in [0.25, 0.3) is 0 Å². The Bertz CT molecular complexity index is 232. The summed E-state index contributed by atoms with van der Waals surface area (Å²) in [5, 5.41) is 2.77. The smallest absolute Gasteiger partial charge is 0.239 e. The molecule has 5 heteroatoms. The van der Waals surface area contributed by atoms with Crippen LogP contribution in [0.3, 0.4) is 0 Å². The predicted molar refractivity (Wildman–Crippen MR) is 65.4 cm³/mol. The molecule has 0 heterocycles. The van der Waals surface area contributed by atoms with Gasteiger partial charge in [0.05, 0.1) is 6.54 Å². The van der Waals surface area contributed by atoms with Gasteiger partial charge in [0.1, 0.15) is 5.88 Å². The van der Waals surface area contributed by atoms with E-state index in [0.717, 1.165) is 12.8 Å². The largest absolute Gasteiger partial charge is 0.355 e. The first kappa shape index (κ1) is 15.2. The van der Waals surface area contributed by atoms with Crippen LogP contribution >= 0.6 is 11.6 Å². The molecule has 0 saturated carbocycles. The zero-order valence-electron chi connectivity index (χ0n) is 10.3. The summed E-state index contributed by atoms with van der Waals surface area (Å²) >= 11 is 5.37. The molecule has 0 aromatic heterocycles. The van der Waals surface area contributed by atoms with Crippen molar-refractivity contribution in [1.29, 1.82) is 0 Å². The third kappa shape index (κ3) is 7.51. The molecule has 2 amide bonds. The van der Waals surface area contributed by atoms with E-state index in [-0.39, 0.29) is 24.2 Å². The number of nitrogens with one attached hydrogen (secondary N) is 1. The number of hydrogen-bond acceptors (Lipinski definition) is 2. The predicted octanol–water partition coefficient (Wildman–Crippen LogP) is 1.24. The molecule has 0 saturated heterocycles. The number of amides is 2. The maximum atomic E-state index is 11.4. The molecule has 0 spiro atoms. The van der Waals surface area contributed by atoms with E-state index in [2.05, 4.69) is 19.2 Å². The molecule has 0 aliphatic heterocycles. The number of rotatable bonds is 7. The molecule has 0 aliphatic carbocycles. The van der Waals surface area contributed by atoms with Crippen LogP contribution in [0.4, 0.5) is 0 Å². The third-order valence-electron chi connectivity index (χ3n) is 2.20. The van der Waals surface area contributed by atoms with E-state index in [1.807, 2.05) is 0 Å². The van der Waals surface area contributed by atoms with Crippen molar-refractivity contribution >= 4 is 23.4 Å². The van der Waals surface area contributed by atoms with E-state index < -0.39 is 0 Å². The van der Waals surface area contributed by atoms with Crippen LogP contribution < -0.4 is 5.32 Å². The highest BCUT2D eigenvalue weighted by Gasteiger charge is 2.10. The molecule has 0 atom stereocenters. The first-order valence-corrected chi connectivity index (χ1v) is 6.07. The molecule has 0 fully saturated rings. The van der Waals surface area contributed by atoms with Crippen LogP contribution in [0.2, 0.25) is 0 Å². The maximum absolute atomic E-state index is 11.4. The van der Waals surface area contributed by atoms with Gasteiger partial charge in [-0.05, 0) is 18.8 Å². The minimum absolute atomic E-state index is 0.0766. The number of likely N-dealkylation sites (N-methyl/N-ethyl adjacent to an activating group) is 1. The molecule has 0 rings (SSSR count). The molecule has 0 bridgehead atoms. The van der Waals surface area contributed by atoms with Crippen LogP contribution in [-0.4, -0.2) is 42.7 Å². The SMILES string of the molecule is CC(C)CCCNC(=O)CN(C)C(=O)CCl. The lowest BCUT2D eigenvalue weighted by Crippen LogP contribution is -2.39. The van der Waals surface area contributed by atoms with Crippen LogP contribution in [-0.2, 0) is 9.59 Å². The van der Waals surface area contributed by atoms with E-state index >= 15 is 0 Å². The molecule has 0 aliphatic rings. The Hall–Kier alpha value is -0.770. The molecule has 0 unspecified atom stereocenters. The summed E-state index contributed by atoms with van der Waals surface area (Å²) in [6.07, 6.45) is 2.06. The number of alkyl halides is 1. The monoisotopic (exact) mass is 248 g/mol. The summed E-state index contributed by atoms with van der Waals surface area (Å²) in [5.74, 6) is 0.193. The first-order chi connectivity index (χ1) is 7.47.